The highest BCUT2D eigenvalue weighted by molar-refractivity contribution is 7.97. The van der Waals surface area contributed by atoms with E-state index in [0.717, 1.165) is 0 Å². The van der Waals surface area contributed by atoms with Crippen molar-refractivity contribution in [2.75, 3.05) is 25.9 Å². The third kappa shape index (κ3) is 6.12. The largest absolute Gasteiger partial charge is 0.315 e. The summed E-state index contributed by atoms with van der Waals surface area (Å²) in [4.78, 5) is 0. The Hall–Kier alpha value is 0.270. The lowest BCUT2D eigenvalue weighted by Crippen LogP contribution is -2.46. The standard InChI is InChI=1S/C11H24N2S.C2H6/c1-11(2,3)10(12-4)9-13-7-5-6-8-14-13;1-2/h10,12H,5-9H2,1-4H3;1-2H3. The summed E-state index contributed by atoms with van der Waals surface area (Å²) in [7, 11) is 2.07. The van der Waals surface area contributed by atoms with E-state index in [2.05, 4.69) is 37.4 Å². The van der Waals surface area contributed by atoms with Crippen molar-refractivity contribution in [3.05, 3.63) is 0 Å². The van der Waals surface area contributed by atoms with Gasteiger partial charge in [0, 0.05) is 24.9 Å². The highest BCUT2D eigenvalue weighted by Gasteiger charge is 2.25. The van der Waals surface area contributed by atoms with E-state index in [4.69, 9.17) is 0 Å². The fourth-order valence-electron chi connectivity index (χ4n) is 1.79. The van der Waals surface area contributed by atoms with Gasteiger partial charge in [0.15, 0.2) is 0 Å². The molecule has 1 aliphatic heterocycles. The lowest BCUT2D eigenvalue weighted by Gasteiger charge is -2.36. The first kappa shape index (κ1) is 16.3. The van der Waals surface area contributed by atoms with Gasteiger partial charge in [-0.2, -0.15) is 0 Å². The molecule has 1 N–H and O–H groups in total. The summed E-state index contributed by atoms with van der Waals surface area (Å²) in [6.45, 7) is 13.4. The van der Waals surface area contributed by atoms with Crippen LogP contribution in [0, 0.1) is 5.41 Å². The second-order valence-electron chi connectivity index (χ2n) is 5.14. The van der Waals surface area contributed by atoms with Crippen LogP contribution in [0.1, 0.15) is 47.5 Å². The minimum Gasteiger partial charge on any atom is -0.315 e. The molecule has 0 amide bonds. The molecule has 0 aromatic carbocycles. The molecule has 0 aromatic rings. The number of hydrogen-bond acceptors (Lipinski definition) is 3. The molecule has 0 aliphatic carbocycles. The average Bonchev–Trinajstić information content (AvgIpc) is 2.28. The molecule has 2 nitrogen and oxygen atoms in total. The van der Waals surface area contributed by atoms with Crippen LogP contribution in [0.3, 0.4) is 0 Å². The second-order valence-corrected chi connectivity index (χ2v) is 6.32. The zero-order valence-electron chi connectivity index (χ0n) is 12.0. The molecule has 0 aromatic heterocycles. The first-order chi connectivity index (χ1) is 7.54. The molecule has 3 heteroatoms. The van der Waals surface area contributed by atoms with E-state index in [1.165, 1.54) is 31.7 Å². The van der Waals surface area contributed by atoms with Crippen molar-refractivity contribution in [2.45, 2.75) is 53.5 Å². The van der Waals surface area contributed by atoms with Crippen LogP contribution in [0.4, 0.5) is 0 Å². The van der Waals surface area contributed by atoms with Gasteiger partial charge in [-0.3, -0.25) is 0 Å². The Bertz CT molecular complexity index is 160. The maximum Gasteiger partial charge on any atom is 0.0249 e. The Labute approximate surface area is 107 Å². The predicted octanol–water partition coefficient (Wildman–Crippen LogP) is 3.39. The maximum absolute atomic E-state index is 3.43. The average molecular weight is 246 g/mol. The Balaban J connectivity index is 0.00000106. The van der Waals surface area contributed by atoms with Crippen LogP contribution in [-0.4, -0.2) is 36.2 Å². The van der Waals surface area contributed by atoms with Crippen molar-refractivity contribution < 1.29 is 0 Å². The van der Waals surface area contributed by atoms with Crippen molar-refractivity contribution in [1.82, 2.24) is 9.62 Å². The van der Waals surface area contributed by atoms with Gasteiger partial charge in [0.25, 0.3) is 0 Å². The van der Waals surface area contributed by atoms with Crippen molar-refractivity contribution in [3.8, 4) is 0 Å². The second kappa shape index (κ2) is 8.37. The third-order valence-electron chi connectivity index (χ3n) is 2.86. The monoisotopic (exact) mass is 246 g/mol. The first-order valence-corrected chi connectivity index (χ1v) is 7.53. The summed E-state index contributed by atoms with van der Waals surface area (Å²) in [5.74, 6) is 1.31. The van der Waals surface area contributed by atoms with Gasteiger partial charge >= 0.3 is 0 Å². The predicted molar refractivity (Wildman–Crippen MR) is 76.9 cm³/mol. The molecular formula is C13H30N2S. The zero-order chi connectivity index (χ0) is 12.6. The van der Waals surface area contributed by atoms with Gasteiger partial charge in [0.2, 0.25) is 0 Å². The molecule has 1 heterocycles. The summed E-state index contributed by atoms with van der Waals surface area (Å²) in [6, 6.07) is 0.591. The molecule has 0 saturated carbocycles. The molecule has 1 atom stereocenters. The fourth-order valence-corrected chi connectivity index (χ4v) is 2.90. The minimum atomic E-state index is 0.354. The quantitative estimate of drug-likeness (QED) is 0.769. The Kier molecular flexibility index (Phi) is 8.52. The Morgan fingerprint density at radius 3 is 2.25 bits per heavy atom. The first-order valence-electron chi connectivity index (χ1n) is 6.59. The highest BCUT2D eigenvalue weighted by Crippen LogP contribution is 2.25. The van der Waals surface area contributed by atoms with Crippen LogP contribution in [0.25, 0.3) is 0 Å². The van der Waals surface area contributed by atoms with Gasteiger partial charge < -0.3 is 5.32 Å². The summed E-state index contributed by atoms with van der Waals surface area (Å²) >= 11 is 2.02. The van der Waals surface area contributed by atoms with Crippen LogP contribution in [0.15, 0.2) is 0 Å². The van der Waals surface area contributed by atoms with E-state index >= 15 is 0 Å². The van der Waals surface area contributed by atoms with Crippen LogP contribution in [0.2, 0.25) is 0 Å². The zero-order valence-corrected chi connectivity index (χ0v) is 12.8. The third-order valence-corrected chi connectivity index (χ3v) is 4.02. The molecular weight excluding hydrogens is 216 g/mol. The van der Waals surface area contributed by atoms with E-state index in [1.807, 2.05) is 25.8 Å². The smallest absolute Gasteiger partial charge is 0.0249 e. The van der Waals surface area contributed by atoms with Crippen molar-refractivity contribution >= 4 is 11.9 Å². The number of rotatable bonds is 3. The molecule has 1 saturated heterocycles. The molecule has 1 rings (SSSR count). The minimum absolute atomic E-state index is 0.354. The summed E-state index contributed by atoms with van der Waals surface area (Å²) in [5.41, 5.74) is 0.354. The van der Waals surface area contributed by atoms with Crippen LogP contribution in [-0.2, 0) is 0 Å². The van der Waals surface area contributed by atoms with Gasteiger partial charge in [0.1, 0.15) is 0 Å². The number of likely N-dealkylation sites (N-methyl/N-ethyl adjacent to an activating group) is 1. The van der Waals surface area contributed by atoms with Gasteiger partial charge in [-0.25, -0.2) is 4.31 Å². The van der Waals surface area contributed by atoms with Crippen molar-refractivity contribution in [2.24, 2.45) is 5.41 Å². The van der Waals surface area contributed by atoms with Crippen LogP contribution in [0.5, 0.6) is 0 Å². The molecule has 0 bridgehead atoms. The summed E-state index contributed by atoms with van der Waals surface area (Å²) < 4.78 is 2.52. The molecule has 1 unspecified atom stereocenters. The fraction of sp³-hybridized carbons (Fsp3) is 1.00. The molecule has 0 spiro atoms. The van der Waals surface area contributed by atoms with E-state index in [1.54, 1.807) is 0 Å². The van der Waals surface area contributed by atoms with Crippen LogP contribution >= 0.6 is 11.9 Å². The Morgan fingerprint density at radius 2 is 1.88 bits per heavy atom. The van der Waals surface area contributed by atoms with E-state index in [9.17, 15) is 0 Å². The van der Waals surface area contributed by atoms with Crippen LogP contribution < -0.4 is 5.32 Å². The lowest BCUT2D eigenvalue weighted by atomic mass is 9.87. The lowest BCUT2D eigenvalue weighted by molar-refractivity contribution is 0.238. The van der Waals surface area contributed by atoms with Gasteiger partial charge in [-0.1, -0.05) is 46.6 Å². The van der Waals surface area contributed by atoms with Crippen molar-refractivity contribution in [1.29, 1.82) is 0 Å². The normalized spacial score (nSPS) is 19.9. The summed E-state index contributed by atoms with van der Waals surface area (Å²) in [6.07, 6.45) is 2.76. The van der Waals surface area contributed by atoms with Crippen molar-refractivity contribution in [3.63, 3.8) is 0 Å². The van der Waals surface area contributed by atoms with E-state index < -0.39 is 0 Å². The van der Waals surface area contributed by atoms with Gasteiger partial charge in [-0.05, 0) is 25.3 Å². The molecule has 1 aliphatic rings. The maximum atomic E-state index is 3.43. The number of nitrogens with zero attached hydrogens (tertiary/aromatic N) is 1. The van der Waals surface area contributed by atoms with Gasteiger partial charge in [0.05, 0.1) is 0 Å². The SMILES string of the molecule is CC.CNC(CN1CCCCS1)C(C)(C)C. The van der Waals surface area contributed by atoms with E-state index in [0.29, 0.717) is 11.5 Å². The molecule has 0 radical (unpaired) electrons. The summed E-state index contributed by atoms with van der Waals surface area (Å²) in [5, 5.41) is 3.43. The molecule has 98 valence electrons. The topological polar surface area (TPSA) is 15.3 Å². The van der Waals surface area contributed by atoms with E-state index in [-0.39, 0.29) is 0 Å². The molecule has 1 fully saturated rings. The number of nitrogens with one attached hydrogen (secondary N) is 1. The molecule has 16 heavy (non-hydrogen) atoms. The van der Waals surface area contributed by atoms with Gasteiger partial charge in [-0.15, -0.1) is 0 Å². The highest BCUT2D eigenvalue weighted by atomic mass is 32.2. The Morgan fingerprint density at radius 1 is 1.25 bits per heavy atom. The number of hydrogen-bond donors (Lipinski definition) is 1.